The number of methoxy groups -OCH3 is 1. The Balaban J connectivity index is 3.71. The Morgan fingerprint density at radius 1 is 1.50 bits per heavy atom. The van der Waals surface area contributed by atoms with E-state index in [0.717, 1.165) is 24.3 Å². The maximum absolute atomic E-state index is 5.48. The second kappa shape index (κ2) is 7.51. The normalized spacial score (nSPS) is 14.4. The van der Waals surface area contributed by atoms with Crippen LogP contribution in [0.4, 0.5) is 0 Å². The quantitative estimate of drug-likeness (QED) is 0.483. The summed E-state index contributed by atoms with van der Waals surface area (Å²) in [5.41, 5.74) is 2.82. The molecule has 0 heterocycles. The van der Waals surface area contributed by atoms with Crippen LogP contribution in [-0.2, 0) is 4.74 Å². The molecule has 4 heteroatoms. The molecule has 0 saturated carbocycles. The van der Waals surface area contributed by atoms with Gasteiger partial charge in [0.1, 0.15) is 0 Å². The van der Waals surface area contributed by atoms with Crippen molar-refractivity contribution in [1.29, 1.82) is 0 Å². The third kappa shape index (κ3) is 6.65. The number of ether oxygens (including phenoxy) is 1. The lowest BCUT2D eigenvalue weighted by Gasteiger charge is -2.25. The van der Waals surface area contributed by atoms with Crippen molar-refractivity contribution in [3.63, 3.8) is 0 Å². The highest BCUT2D eigenvalue weighted by Gasteiger charge is 2.18. The van der Waals surface area contributed by atoms with E-state index in [4.69, 9.17) is 10.6 Å². The van der Waals surface area contributed by atoms with E-state index in [1.165, 1.54) is 0 Å². The van der Waals surface area contributed by atoms with Gasteiger partial charge in [0.15, 0.2) is 0 Å². The number of nitrogens with one attached hydrogen (secondary N) is 1. The summed E-state index contributed by atoms with van der Waals surface area (Å²) in [5, 5.41) is 0. The molecule has 0 spiro atoms. The largest absolute Gasteiger partial charge is 0.379 e. The van der Waals surface area contributed by atoms with E-state index in [2.05, 4.69) is 26.2 Å². The number of hydrogen-bond acceptors (Lipinski definition) is 4. The van der Waals surface area contributed by atoms with Crippen molar-refractivity contribution in [1.82, 2.24) is 5.43 Å². The minimum absolute atomic E-state index is 0.0357. The Kier molecular flexibility index (Phi) is 7.64. The number of rotatable bonds is 8. The van der Waals surface area contributed by atoms with Crippen molar-refractivity contribution in [2.24, 2.45) is 5.84 Å². The highest BCUT2D eigenvalue weighted by Crippen LogP contribution is 2.17. The molecular formula is C10H24N2OS. The van der Waals surface area contributed by atoms with Crippen LogP contribution in [-0.4, -0.2) is 30.3 Å². The highest BCUT2D eigenvalue weighted by molar-refractivity contribution is 7.99. The molecule has 3 N–H and O–H groups in total. The van der Waals surface area contributed by atoms with E-state index in [0.29, 0.717) is 6.04 Å². The molecule has 0 bridgehead atoms. The maximum atomic E-state index is 5.48. The molecule has 0 saturated heterocycles. The Labute approximate surface area is 92.1 Å². The van der Waals surface area contributed by atoms with Gasteiger partial charge in [0.2, 0.25) is 0 Å². The molecule has 0 aliphatic carbocycles. The molecule has 0 amide bonds. The Bertz CT molecular complexity index is 142. The third-order valence-corrected chi connectivity index (χ3v) is 3.45. The molecule has 0 aliphatic heterocycles. The summed E-state index contributed by atoms with van der Waals surface area (Å²) in [6, 6.07) is 0.398. The van der Waals surface area contributed by atoms with Crippen LogP contribution in [0.15, 0.2) is 0 Å². The zero-order valence-corrected chi connectivity index (χ0v) is 10.6. The molecule has 0 rings (SSSR count). The number of thioether (sulfide) groups is 1. The van der Waals surface area contributed by atoms with Crippen LogP contribution in [0, 0.1) is 0 Å². The van der Waals surface area contributed by atoms with Gasteiger partial charge in [-0.1, -0.05) is 6.92 Å². The van der Waals surface area contributed by atoms with E-state index in [9.17, 15) is 0 Å². The van der Waals surface area contributed by atoms with Crippen molar-refractivity contribution in [2.45, 2.75) is 45.3 Å². The van der Waals surface area contributed by atoms with Crippen LogP contribution in [0.25, 0.3) is 0 Å². The minimum atomic E-state index is -0.0357. The molecule has 0 aromatic rings. The first-order valence-corrected chi connectivity index (χ1v) is 6.30. The second-order valence-corrected chi connectivity index (χ2v) is 5.34. The Morgan fingerprint density at radius 2 is 2.14 bits per heavy atom. The molecule has 1 unspecified atom stereocenters. The van der Waals surface area contributed by atoms with E-state index in [-0.39, 0.29) is 5.60 Å². The standard InChI is InChI=1S/C10H24N2OS/c1-5-14-8-9(12-11)6-7-10(2,3)13-4/h9,12H,5-8,11H2,1-4H3. The molecule has 3 nitrogen and oxygen atoms in total. The van der Waals surface area contributed by atoms with Crippen LogP contribution in [0.2, 0.25) is 0 Å². The summed E-state index contributed by atoms with van der Waals surface area (Å²) in [5.74, 6) is 7.70. The van der Waals surface area contributed by atoms with Crippen molar-refractivity contribution in [3.8, 4) is 0 Å². The summed E-state index contributed by atoms with van der Waals surface area (Å²) >= 11 is 1.92. The van der Waals surface area contributed by atoms with Gasteiger partial charge in [-0.05, 0) is 32.4 Å². The lowest BCUT2D eigenvalue weighted by Crippen LogP contribution is -2.38. The molecule has 0 aromatic carbocycles. The van der Waals surface area contributed by atoms with Crippen LogP contribution < -0.4 is 11.3 Å². The predicted molar refractivity (Wildman–Crippen MR) is 64.4 cm³/mol. The molecule has 14 heavy (non-hydrogen) atoms. The average molecular weight is 220 g/mol. The van der Waals surface area contributed by atoms with Crippen molar-refractivity contribution in [3.05, 3.63) is 0 Å². The van der Waals surface area contributed by atoms with Crippen LogP contribution in [0.3, 0.4) is 0 Å². The first-order chi connectivity index (χ1) is 6.55. The Hall–Kier alpha value is 0.230. The van der Waals surface area contributed by atoms with Gasteiger partial charge < -0.3 is 4.74 Å². The smallest absolute Gasteiger partial charge is 0.0623 e. The fraction of sp³-hybridized carbons (Fsp3) is 1.00. The fourth-order valence-corrected chi connectivity index (χ4v) is 1.88. The third-order valence-electron chi connectivity index (χ3n) is 2.41. The molecule has 0 fully saturated rings. The van der Waals surface area contributed by atoms with Crippen LogP contribution in [0.1, 0.15) is 33.6 Å². The number of hydrogen-bond donors (Lipinski definition) is 2. The zero-order valence-electron chi connectivity index (χ0n) is 9.80. The summed E-state index contributed by atoms with van der Waals surface area (Å²) in [7, 11) is 1.76. The summed E-state index contributed by atoms with van der Waals surface area (Å²) in [6.07, 6.45) is 2.09. The van der Waals surface area contributed by atoms with Gasteiger partial charge in [0.25, 0.3) is 0 Å². The van der Waals surface area contributed by atoms with Crippen molar-refractivity contribution < 1.29 is 4.74 Å². The lowest BCUT2D eigenvalue weighted by molar-refractivity contribution is 0.0122. The van der Waals surface area contributed by atoms with Crippen LogP contribution in [0.5, 0.6) is 0 Å². The molecule has 86 valence electrons. The van der Waals surface area contributed by atoms with Gasteiger partial charge in [0, 0.05) is 18.9 Å². The first-order valence-electron chi connectivity index (χ1n) is 5.14. The number of hydrazine groups is 1. The van der Waals surface area contributed by atoms with Crippen LogP contribution >= 0.6 is 11.8 Å². The molecule has 1 atom stereocenters. The zero-order chi connectivity index (χ0) is 11.0. The predicted octanol–water partition coefficient (Wildman–Crippen LogP) is 1.78. The molecule has 0 radical (unpaired) electrons. The highest BCUT2D eigenvalue weighted by atomic mass is 32.2. The van der Waals surface area contributed by atoms with Gasteiger partial charge in [-0.25, -0.2) is 0 Å². The lowest BCUT2D eigenvalue weighted by atomic mass is 10.00. The Morgan fingerprint density at radius 3 is 2.57 bits per heavy atom. The average Bonchev–Trinajstić information content (AvgIpc) is 2.18. The minimum Gasteiger partial charge on any atom is -0.379 e. The fourth-order valence-electron chi connectivity index (χ4n) is 1.10. The topological polar surface area (TPSA) is 47.3 Å². The van der Waals surface area contributed by atoms with Gasteiger partial charge in [0.05, 0.1) is 5.60 Å². The van der Waals surface area contributed by atoms with E-state index < -0.39 is 0 Å². The molecular weight excluding hydrogens is 196 g/mol. The van der Waals surface area contributed by atoms with Gasteiger partial charge in [-0.2, -0.15) is 11.8 Å². The summed E-state index contributed by atoms with van der Waals surface area (Å²) < 4.78 is 5.36. The second-order valence-electron chi connectivity index (χ2n) is 4.03. The first kappa shape index (κ1) is 14.2. The van der Waals surface area contributed by atoms with E-state index >= 15 is 0 Å². The van der Waals surface area contributed by atoms with Gasteiger partial charge in [-0.15, -0.1) is 0 Å². The maximum Gasteiger partial charge on any atom is 0.0623 e. The van der Waals surface area contributed by atoms with Crippen molar-refractivity contribution >= 4 is 11.8 Å². The van der Waals surface area contributed by atoms with Gasteiger partial charge >= 0.3 is 0 Å². The van der Waals surface area contributed by atoms with E-state index in [1.54, 1.807) is 7.11 Å². The number of nitrogens with two attached hydrogens (primary N) is 1. The van der Waals surface area contributed by atoms with E-state index in [1.807, 2.05) is 11.8 Å². The molecule has 0 aliphatic rings. The summed E-state index contributed by atoms with van der Waals surface area (Å²) in [6.45, 7) is 6.37. The van der Waals surface area contributed by atoms with Crippen molar-refractivity contribution in [2.75, 3.05) is 18.6 Å². The van der Waals surface area contributed by atoms with Gasteiger partial charge in [-0.3, -0.25) is 11.3 Å². The summed E-state index contributed by atoms with van der Waals surface area (Å²) in [4.78, 5) is 0. The monoisotopic (exact) mass is 220 g/mol. The SMILES string of the molecule is CCSCC(CCC(C)(C)OC)NN. The molecule has 0 aromatic heterocycles.